The molecule has 0 aromatic heterocycles. The second-order valence-corrected chi connectivity index (χ2v) is 5.29. The highest BCUT2D eigenvalue weighted by atomic mass is 16.2. The van der Waals surface area contributed by atoms with E-state index in [0.717, 1.165) is 19.3 Å². The third-order valence-electron chi connectivity index (χ3n) is 3.71. The maximum atomic E-state index is 12.3. The van der Waals surface area contributed by atoms with E-state index in [1.165, 1.54) is 0 Å². The lowest BCUT2D eigenvalue weighted by atomic mass is 9.96. The lowest BCUT2D eigenvalue weighted by Crippen LogP contribution is -2.57. The van der Waals surface area contributed by atoms with E-state index in [4.69, 9.17) is 5.73 Å². The Morgan fingerprint density at radius 2 is 2.17 bits per heavy atom. The Kier molecular flexibility index (Phi) is 5.14. The predicted octanol–water partition coefficient (Wildman–Crippen LogP) is 0.631. The van der Waals surface area contributed by atoms with Crippen LogP contribution >= 0.6 is 0 Å². The van der Waals surface area contributed by atoms with Crippen LogP contribution < -0.4 is 11.1 Å². The molecule has 3 N–H and O–H groups in total. The topological polar surface area (TPSA) is 75.4 Å². The molecule has 18 heavy (non-hydrogen) atoms. The Morgan fingerprint density at radius 3 is 2.72 bits per heavy atom. The van der Waals surface area contributed by atoms with Gasteiger partial charge in [-0.2, -0.15) is 0 Å². The summed E-state index contributed by atoms with van der Waals surface area (Å²) in [7, 11) is 0. The Balaban J connectivity index is 2.72. The quantitative estimate of drug-likeness (QED) is 0.756. The molecule has 0 aromatic carbocycles. The second-order valence-electron chi connectivity index (χ2n) is 5.29. The van der Waals surface area contributed by atoms with Crippen molar-refractivity contribution < 1.29 is 9.59 Å². The minimum Gasteiger partial charge on any atom is -0.352 e. The normalized spacial score (nSPS) is 25.0. The first-order valence-electron chi connectivity index (χ1n) is 6.77. The van der Waals surface area contributed by atoms with Crippen molar-refractivity contribution in [2.24, 2.45) is 5.73 Å². The molecular formula is C13H25N3O2. The number of carbonyl (C=O) groups is 2. The molecule has 5 heteroatoms. The SMILES string of the molecule is CCC[C@H](C)NC(=O)[C@]1(C)CCCN1C(=O)CN. The van der Waals surface area contributed by atoms with Crippen LogP contribution in [0.3, 0.4) is 0 Å². The average Bonchev–Trinajstić information content (AvgIpc) is 2.72. The third-order valence-corrected chi connectivity index (χ3v) is 3.71. The fourth-order valence-corrected chi connectivity index (χ4v) is 2.59. The highest BCUT2D eigenvalue weighted by Crippen LogP contribution is 2.29. The smallest absolute Gasteiger partial charge is 0.245 e. The molecule has 2 atom stereocenters. The Morgan fingerprint density at radius 1 is 1.50 bits per heavy atom. The van der Waals surface area contributed by atoms with E-state index in [1.54, 1.807) is 4.90 Å². The van der Waals surface area contributed by atoms with Crippen LogP contribution in [0.5, 0.6) is 0 Å². The van der Waals surface area contributed by atoms with Crippen LogP contribution in [-0.2, 0) is 9.59 Å². The molecule has 1 fully saturated rings. The van der Waals surface area contributed by atoms with Gasteiger partial charge < -0.3 is 16.0 Å². The predicted molar refractivity (Wildman–Crippen MR) is 70.9 cm³/mol. The molecule has 0 saturated carbocycles. The molecule has 0 radical (unpaired) electrons. The van der Waals surface area contributed by atoms with Crippen molar-refractivity contribution in [1.82, 2.24) is 10.2 Å². The number of hydrogen-bond acceptors (Lipinski definition) is 3. The summed E-state index contributed by atoms with van der Waals surface area (Å²) in [5.74, 6) is -0.198. The number of nitrogens with two attached hydrogens (primary N) is 1. The lowest BCUT2D eigenvalue weighted by molar-refractivity contribution is -0.143. The molecule has 1 aliphatic heterocycles. The molecule has 1 saturated heterocycles. The Hall–Kier alpha value is -1.10. The fourth-order valence-electron chi connectivity index (χ4n) is 2.59. The van der Waals surface area contributed by atoms with Crippen molar-refractivity contribution in [2.75, 3.05) is 13.1 Å². The van der Waals surface area contributed by atoms with Gasteiger partial charge in [-0.05, 0) is 33.1 Å². The molecule has 104 valence electrons. The number of likely N-dealkylation sites (tertiary alicyclic amines) is 1. The van der Waals surface area contributed by atoms with Crippen molar-refractivity contribution in [2.45, 2.75) is 58.0 Å². The highest BCUT2D eigenvalue weighted by molar-refractivity contribution is 5.92. The minimum absolute atomic E-state index is 0.0343. The van der Waals surface area contributed by atoms with Crippen LogP contribution in [0, 0.1) is 0 Å². The summed E-state index contributed by atoms with van der Waals surface area (Å²) in [5, 5.41) is 3.00. The fraction of sp³-hybridized carbons (Fsp3) is 0.846. The van der Waals surface area contributed by atoms with Crippen LogP contribution in [0.2, 0.25) is 0 Å². The van der Waals surface area contributed by atoms with E-state index < -0.39 is 5.54 Å². The van der Waals surface area contributed by atoms with Gasteiger partial charge in [0.05, 0.1) is 6.54 Å². The third kappa shape index (κ3) is 3.02. The summed E-state index contributed by atoms with van der Waals surface area (Å²) < 4.78 is 0. The number of carbonyl (C=O) groups excluding carboxylic acids is 2. The van der Waals surface area contributed by atoms with Gasteiger partial charge in [-0.25, -0.2) is 0 Å². The van der Waals surface area contributed by atoms with Gasteiger partial charge in [-0.3, -0.25) is 9.59 Å². The van der Waals surface area contributed by atoms with E-state index in [-0.39, 0.29) is 24.4 Å². The van der Waals surface area contributed by atoms with Crippen LogP contribution in [-0.4, -0.2) is 41.4 Å². The van der Waals surface area contributed by atoms with Gasteiger partial charge in [0.15, 0.2) is 0 Å². The van der Waals surface area contributed by atoms with Crippen LogP contribution in [0.15, 0.2) is 0 Å². The Labute approximate surface area is 109 Å². The zero-order valence-corrected chi connectivity index (χ0v) is 11.7. The van der Waals surface area contributed by atoms with Gasteiger partial charge in [0.2, 0.25) is 11.8 Å². The average molecular weight is 255 g/mol. The van der Waals surface area contributed by atoms with E-state index in [2.05, 4.69) is 12.2 Å². The molecule has 1 aliphatic rings. The molecule has 2 amide bonds. The highest BCUT2D eigenvalue weighted by Gasteiger charge is 2.45. The second kappa shape index (κ2) is 6.18. The van der Waals surface area contributed by atoms with Gasteiger partial charge in [0.1, 0.15) is 5.54 Å². The molecule has 0 aromatic rings. The molecule has 0 unspecified atom stereocenters. The monoisotopic (exact) mass is 255 g/mol. The van der Waals surface area contributed by atoms with Crippen LogP contribution in [0.4, 0.5) is 0 Å². The summed E-state index contributed by atoms with van der Waals surface area (Å²) in [4.78, 5) is 25.7. The zero-order chi connectivity index (χ0) is 13.8. The maximum absolute atomic E-state index is 12.3. The van der Waals surface area contributed by atoms with Gasteiger partial charge >= 0.3 is 0 Å². The Bertz CT molecular complexity index is 319. The molecular weight excluding hydrogens is 230 g/mol. The van der Waals surface area contributed by atoms with E-state index in [0.29, 0.717) is 13.0 Å². The largest absolute Gasteiger partial charge is 0.352 e. The van der Waals surface area contributed by atoms with Gasteiger partial charge in [-0.1, -0.05) is 13.3 Å². The minimum atomic E-state index is -0.724. The van der Waals surface area contributed by atoms with E-state index >= 15 is 0 Å². The number of amides is 2. The zero-order valence-electron chi connectivity index (χ0n) is 11.7. The number of nitrogens with zero attached hydrogens (tertiary/aromatic N) is 1. The van der Waals surface area contributed by atoms with E-state index in [1.807, 2.05) is 13.8 Å². The summed E-state index contributed by atoms with van der Waals surface area (Å²) in [6, 6.07) is 0.148. The number of nitrogens with one attached hydrogen (secondary N) is 1. The summed E-state index contributed by atoms with van der Waals surface area (Å²) >= 11 is 0. The molecule has 0 bridgehead atoms. The van der Waals surface area contributed by atoms with Gasteiger partial charge in [0.25, 0.3) is 0 Å². The maximum Gasteiger partial charge on any atom is 0.245 e. The van der Waals surface area contributed by atoms with Gasteiger partial charge in [-0.15, -0.1) is 0 Å². The molecule has 5 nitrogen and oxygen atoms in total. The lowest BCUT2D eigenvalue weighted by Gasteiger charge is -2.34. The van der Waals surface area contributed by atoms with Crippen molar-refractivity contribution in [3.05, 3.63) is 0 Å². The summed E-state index contributed by atoms with van der Waals surface area (Å²) in [5.41, 5.74) is 4.68. The first-order chi connectivity index (χ1) is 8.45. The van der Waals surface area contributed by atoms with Crippen LogP contribution in [0.25, 0.3) is 0 Å². The van der Waals surface area contributed by atoms with Crippen molar-refractivity contribution in [3.8, 4) is 0 Å². The molecule has 0 aliphatic carbocycles. The van der Waals surface area contributed by atoms with Crippen LogP contribution in [0.1, 0.15) is 46.5 Å². The standard InChI is InChI=1S/C13H25N3O2/c1-4-6-10(2)15-12(18)13(3)7-5-8-16(13)11(17)9-14/h10H,4-9,14H2,1-3H3,(H,15,18)/t10-,13-/m0/s1. The van der Waals surface area contributed by atoms with Crippen molar-refractivity contribution in [3.63, 3.8) is 0 Å². The summed E-state index contributed by atoms with van der Waals surface area (Å²) in [6.07, 6.45) is 3.55. The summed E-state index contributed by atoms with van der Waals surface area (Å²) in [6.45, 7) is 6.51. The molecule has 0 spiro atoms. The van der Waals surface area contributed by atoms with Gasteiger partial charge in [0, 0.05) is 12.6 Å². The number of hydrogen-bond donors (Lipinski definition) is 2. The molecule has 1 heterocycles. The van der Waals surface area contributed by atoms with E-state index in [9.17, 15) is 9.59 Å². The first kappa shape index (κ1) is 15.0. The first-order valence-corrected chi connectivity index (χ1v) is 6.77. The number of rotatable bonds is 5. The van der Waals surface area contributed by atoms with Crippen molar-refractivity contribution >= 4 is 11.8 Å². The molecule has 1 rings (SSSR count). The van der Waals surface area contributed by atoms with Crippen molar-refractivity contribution in [1.29, 1.82) is 0 Å².